The molecule has 1 saturated heterocycles. The van der Waals surface area contributed by atoms with Crippen LogP contribution in [0.4, 0.5) is 14.5 Å². The lowest BCUT2D eigenvalue weighted by molar-refractivity contribution is 0.0251. The summed E-state index contributed by atoms with van der Waals surface area (Å²) >= 11 is 0. The second-order valence-electron chi connectivity index (χ2n) is 6.38. The molecule has 2 heterocycles. The predicted molar refractivity (Wildman–Crippen MR) is 89.7 cm³/mol. The van der Waals surface area contributed by atoms with Gasteiger partial charge in [-0.05, 0) is 35.4 Å². The quantitative estimate of drug-likeness (QED) is 0.851. The number of carbonyl (C=O) groups is 1. The Balaban J connectivity index is 1.61. The number of cyclic esters (lactones) is 1. The summed E-state index contributed by atoms with van der Waals surface area (Å²) in [6, 6.07) is 8.98. The van der Waals surface area contributed by atoms with E-state index in [2.05, 4.69) is 10.2 Å². The summed E-state index contributed by atoms with van der Waals surface area (Å²) in [5.41, 5.74) is 2.70. The predicted octanol–water partition coefficient (Wildman–Crippen LogP) is 2.83. The summed E-state index contributed by atoms with van der Waals surface area (Å²) in [5.74, 6) is -1.80. The summed E-state index contributed by atoms with van der Waals surface area (Å²) < 4.78 is 32.3. The lowest BCUT2D eigenvalue weighted by atomic mass is 9.94. The molecule has 0 saturated carbocycles. The number of carbonyl (C=O) groups excluding carboxylic acids is 1. The SMILES string of the molecule is O=C1OC(c2cc(F)cc(F)c2)Cc2ccc(N3CCNCC3)cc21. The van der Waals surface area contributed by atoms with Crippen molar-refractivity contribution in [3.8, 4) is 0 Å². The largest absolute Gasteiger partial charge is 0.454 e. The summed E-state index contributed by atoms with van der Waals surface area (Å²) in [7, 11) is 0. The van der Waals surface area contributed by atoms with Gasteiger partial charge in [0.1, 0.15) is 17.7 Å². The number of benzene rings is 2. The third-order valence-electron chi connectivity index (χ3n) is 4.71. The molecule has 4 rings (SSSR count). The summed E-state index contributed by atoms with van der Waals surface area (Å²) in [5, 5.41) is 3.29. The molecule has 0 amide bonds. The Morgan fingerprint density at radius 2 is 1.76 bits per heavy atom. The number of hydrogen-bond donors (Lipinski definition) is 1. The van der Waals surface area contributed by atoms with Gasteiger partial charge in [0.05, 0.1) is 5.56 Å². The standard InChI is InChI=1S/C19H18F2N2O2/c20-14-7-13(8-15(21)10-14)18-9-12-1-2-16(11-17(12)19(24)25-18)23-5-3-22-4-6-23/h1-2,7-8,10-11,18,22H,3-6,9H2. The normalized spacial score (nSPS) is 20.2. The number of piperazine rings is 1. The molecule has 2 aliphatic rings. The first-order valence-corrected chi connectivity index (χ1v) is 8.36. The molecule has 1 N–H and O–H groups in total. The number of nitrogens with one attached hydrogen (secondary N) is 1. The number of anilines is 1. The van der Waals surface area contributed by atoms with Gasteiger partial charge in [0.2, 0.25) is 0 Å². The molecule has 1 unspecified atom stereocenters. The van der Waals surface area contributed by atoms with Crippen molar-refractivity contribution < 1.29 is 18.3 Å². The van der Waals surface area contributed by atoms with Gasteiger partial charge in [0.15, 0.2) is 0 Å². The molecule has 0 aromatic heterocycles. The van der Waals surface area contributed by atoms with Gasteiger partial charge in [-0.3, -0.25) is 0 Å². The molecule has 2 aliphatic heterocycles. The highest BCUT2D eigenvalue weighted by Crippen LogP contribution is 2.33. The third-order valence-corrected chi connectivity index (χ3v) is 4.71. The first-order valence-electron chi connectivity index (χ1n) is 8.36. The van der Waals surface area contributed by atoms with Crippen LogP contribution in [0, 0.1) is 11.6 Å². The van der Waals surface area contributed by atoms with E-state index < -0.39 is 23.7 Å². The van der Waals surface area contributed by atoms with Crippen LogP contribution < -0.4 is 10.2 Å². The zero-order chi connectivity index (χ0) is 17.4. The van der Waals surface area contributed by atoms with Crippen molar-refractivity contribution in [1.29, 1.82) is 0 Å². The number of hydrogen-bond acceptors (Lipinski definition) is 4. The lowest BCUT2D eigenvalue weighted by Gasteiger charge is -2.31. The highest BCUT2D eigenvalue weighted by Gasteiger charge is 2.29. The number of fused-ring (bicyclic) bond motifs is 1. The Hall–Kier alpha value is -2.47. The molecule has 6 heteroatoms. The summed E-state index contributed by atoms with van der Waals surface area (Å²) in [6.07, 6.45) is -0.263. The maximum Gasteiger partial charge on any atom is 0.339 e. The van der Waals surface area contributed by atoms with Crippen molar-refractivity contribution in [1.82, 2.24) is 5.32 Å². The van der Waals surface area contributed by atoms with Crippen LogP contribution in [0.5, 0.6) is 0 Å². The van der Waals surface area contributed by atoms with Crippen LogP contribution in [-0.4, -0.2) is 32.1 Å². The van der Waals surface area contributed by atoms with E-state index >= 15 is 0 Å². The fraction of sp³-hybridized carbons (Fsp3) is 0.316. The number of ether oxygens (including phenoxy) is 1. The topological polar surface area (TPSA) is 41.6 Å². The van der Waals surface area contributed by atoms with E-state index in [1.165, 1.54) is 12.1 Å². The minimum Gasteiger partial charge on any atom is -0.454 e. The van der Waals surface area contributed by atoms with Gasteiger partial charge in [-0.25, -0.2) is 13.6 Å². The van der Waals surface area contributed by atoms with E-state index in [1.807, 2.05) is 18.2 Å². The first kappa shape index (κ1) is 16.0. The van der Waals surface area contributed by atoms with Gasteiger partial charge < -0.3 is 15.0 Å². The Labute approximate surface area is 144 Å². The van der Waals surface area contributed by atoms with Gasteiger partial charge in [-0.1, -0.05) is 6.07 Å². The second kappa shape index (κ2) is 6.44. The van der Waals surface area contributed by atoms with E-state index in [4.69, 9.17) is 4.74 Å². The van der Waals surface area contributed by atoms with Gasteiger partial charge in [0, 0.05) is 44.4 Å². The summed E-state index contributed by atoms with van der Waals surface area (Å²) in [6.45, 7) is 3.60. The van der Waals surface area contributed by atoms with E-state index in [1.54, 1.807) is 0 Å². The highest BCUT2D eigenvalue weighted by atomic mass is 19.1. The van der Waals surface area contributed by atoms with Gasteiger partial charge >= 0.3 is 5.97 Å². The lowest BCUT2D eigenvalue weighted by Crippen LogP contribution is -2.43. The third kappa shape index (κ3) is 3.22. The number of rotatable bonds is 2. The molecule has 25 heavy (non-hydrogen) atoms. The van der Waals surface area contributed by atoms with Crippen LogP contribution in [0.15, 0.2) is 36.4 Å². The molecule has 130 valence electrons. The molecule has 1 fully saturated rings. The Bertz CT molecular complexity index is 799. The maximum atomic E-state index is 13.4. The molecule has 2 aromatic rings. The average molecular weight is 344 g/mol. The van der Waals surface area contributed by atoms with Crippen LogP contribution in [-0.2, 0) is 11.2 Å². The van der Waals surface area contributed by atoms with Gasteiger partial charge in [-0.15, -0.1) is 0 Å². The minimum absolute atomic E-state index is 0.336. The monoisotopic (exact) mass is 344 g/mol. The van der Waals surface area contributed by atoms with Crippen LogP contribution in [0.3, 0.4) is 0 Å². The molecule has 1 atom stereocenters. The Morgan fingerprint density at radius 1 is 1.04 bits per heavy atom. The van der Waals surface area contributed by atoms with E-state index in [9.17, 15) is 13.6 Å². The highest BCUT2D eigenvalue weighted by molar-refractivity contribution is 5.93. The molecular formula is C19H18F2N2O2. The van der Waals surface area contributed by atoms with Crippen LogP contribution in [0.2, 0.25) is 0 Å². The molecular weight excluding hydrogens is 326 g/mol. The number of esters is 1. The van der Waals surface area contributed by atoms with E-state index in [-0.39, 0.29) is 0 Å². The number of nitrogens with zero attached hydrogens (tertiary/aromatic N) is 1. The average Bonchev–Trinajstić information content (AvgIpc) is 2.61. The fourth-order valence-corrected chi connectivity index (χ4v) is 3.43. The second-order valence-corrected chi connectivity index (χ2v) is 6.38. The van der Waals surface area contributed by atoms with Crippen molar-refractivity contribution >= 4 is 11.7 Å². The van der Waals surface area contributed by atoms with E-state index in [0.29, 0.717) is 17.5 Å². The molecule has 0 radical (unpaired) electrons. The zero-order valence-corrected chi connectivity index (χ0v) is 13.6. The zero-order valence-electron chi connectivity index (χ0n) is 13.6. The van der Waals surface area contributed by atoms with Crippen LogP contribution >= 0.6 is 0 Å². The fourth-order valence-electron chi connectivity index (χ4n) is 3.43. The molecule has 0 aliphatic carbocycles. The van der Waals surface area contributed by atoms with Crippen molar-refractivity contribution in [2.45, 2.75) is 12.5 Å². The molecule has 0 spiro atoms. The van der Waals surface area contributed by atoms with E-state index in [0.717, 1.165) is 43.5 Å². The van der Waals surface area contributed by atoms with Crippen molar-refractivity contribution in [2.75, 3.05) is 31.1 Å². The maximum absolute atomic E-state index is 13.4. The summed E-state index contributed by atoms with van der Waals surface area (Å²) in [4.78, 5) is 14.7. The van der Waals surface area contributed by atoms with Crippen LogP contribution in [0.25, 0.3) is 0 Å². The van der Waals surface area contributed by atoms with Crippen molar-refractivity contribution in [3.63, 3.8) is 0 Å². The van der Waals surface area contributed by atoms with Crippen molar-refractivity contribution in [2.24, 2.45) is 0 Å². The smallest absolute Gasteiger partial charge is 0.339 e. The Kier molecular flexibility index (Phi) is 4.13. The first-order chi connectivity index (χ1) is 12.1. The number of halogens is 2. The Morgan fingerprint density at radius 3 is 2.48 bits per heavy atom. The van der Waals surface area contributed by atoms with Gasteiger partial charge in [0.25, 0.3) is 0 Å². The van der Waals surface area contributed by atoms with Crippen molar-refractivity contribution in [3.05, 3.63) is 64.7 Å². The molecule has 2 aromatic carbocycles. The minimum atomic E-state index is -0.675. The van der Waals surface area contributed by atoms with Crippen LogP contribution in [0.1, 0.15) is 27.6 Å². The molecule has 4 nitrogen and oxygen atoms in total. The molecule has 0 bridgehead atoms. The van der Waals surface area contributed by atoms with Gasteiger partial charge in [-0.2, -0.15) is 0 Å².